The summed E-state index contributed by atoms with van der Waals surface area (Å²) in [6.07, 6.45) is 0.942. The van der Waals surface area contributed by atoms with Gasteiger partial charge in [-0.25, -0.2) is 4.39 Å². The molecule has 1 aliphatic rings. The van der Waals surface area contributed by atoms with Crippen LogP contribution < -0.4 is 4.90 Å². The number of nitrogens with zero attached hydrogens (tertiary/aromatic N) is 4. The van der Waals surface area contributed by atoms with Crippen molar-refractivity contribution in [1.29, 1.82) is 0 Å². The maximum absolute atomic E-state index is 14.1. The summed E-state index contributed by atoms with van der Waals surface area (Å²) in [7, 11) is 1.79. The van der Waals surface area contributed by atoms with Crippen molar-refractivity contribution in [3.8, 4) is 11.4 Å². The van der Waals surface area contributed by atoms with E-state index in [9.17, 15) is 9.18 Å². The molecule has 0 saturated carbocycles. The summed E-state index contributed by atoms with van der Waals surface area (Å²) < 4.78 is 15.8. The van der Waals surface area contributed by atoms with E-state index in [1.54, 1.807) is 29.8 Å². The number of amides is 1. The van der Waals surface area contributed by atoms with E-state index in [0.29, 0.717) is 28.3 Å². The Kier molecular flexibility index (Phi) is 5.91. The number of para-hydroxylation sites is 1. The topological polar surface area (TPSA) is 51.0 Å². The maximum atomic E-state index is 14.1. The first-order valence-corrected chi connectivity index (χ1v) is 11.2. The van der Waals surface area contributed by atoms with E-state index in [2.05, 4.69) is 23.2 Å². The fraction of sp³-hybridized carbons (Fsp3) is 0.286. The predicted octanol–water partition coefficient (Wildman–Crippen LogP) is 4.63. The van der Waals surface area contributed by atoms with Gasteiger partial charge in [0, 0.05) is 23.7 Å². The van der Waals surface area contributed by atoms with E-state index in [1.165, 1.54) is 17.8 Å². The van der Waals surface area contributed by atoms with Gasteiger partial charge in [-0.2, -0.15) is 0 Å². The maximum Gasteiger partial charge on any atom is 0.237 e. The summed E-state index contributed by atoms with van der Waals surface area (Å²) in [5.74, 6) is 0.385. The first kappa shape index (κ1) is 20.0. The fourth-order valence-electron chi connectivity index (χ4n) is 3.27. The summed E-state index contributed by atoms with van der Waals surface area (Å²) in [6, 6.07) is 14.5. The van der Waals surface area contributed by atoms with Crippen molar-refractivity contribution in [3.05, 3.63) is 54.3 Å². The third kappa shape index (κ3) is 4.18. The van der Waals surface area contributed by atoms with Gasteiger partial charge in [0.25, 0.3) is 0 Å². The highest BCUT2D eigenvalue weighted by Crippen LogP contribution is 2.37. The molecule has 2 aromatic carbocycles. The van der Waals surface area contributed by atoms with Gasteiger partial charge in [-0.15, -0.1) is 22.0 Å². The van der Waals surface area contributed by atoms with Crippen molar-refractivity contribution < 1.29 is 9.18 Å². The van der Waals surface area contributed by atoms with E-state index >= 15 is 0 Å². The molecular weight excluding hydrogens is 407 g/mol. The highest BCUT2D eigenvalue weighted by atomic mass is 32.2. The molecule has 5 nitrogen and oxygen atoms in total. The highest BCUT2D eigenvalue weighted by molar-refractivity contribution is 8.00. The normalized spacial score (nSPS) is 16.4. The van der Waals surface area contributed by atoms with Crippen LogP contribution in [0.2, 0.25) is 0 Å². The van der Waals surface area contributed by atoms with Crippen LogP contribution in [0.5, 0.6) is 0 Å². The quantitative estimate of drug-likeness (QED) is 0.567. The Hall–Kier alpha value is -2.32. The van der Waals surface area contributed by atoms with Gasteiger partial charge < -0.3 is 9.47 Å². The van der Waals surface area contributed by atoms with Crippen LogP contribution in [0.15, 0.2) is 58.6 Å². The Morgan fingerprint density at radius 1 is 1.21 bits per heavy atom. The second kappa shape index (κ2) is 8.59. The van der Waals surface area contributed by atoms with Crippen LogP contribution in [0.3, 0.4) is 0 Å². The second-order valence-corrected chi connectivity index (χ2v) is 9.29. The molecule has 0 spiro atoms. The minimum Gasteiger partial charge on any atom is -0.311 e. The van der Waals surface area contributed by atoms with E-state index < -0.39 is 0 Å². The smallest absolute Gasteiger partial charge is 0.237 e. The Morgan fingerprint density at radius 2 is 1.97 bits per heavy atom. The molecule has 1 atom stereocenters. The monoisotopic (exact) mass is 428 g/mol. The van der Waals surface area contributed by atoms with Crippen molar-refractivity contribution in [1.82, 2.24) is 14.8 Å². The molecule has 0 aliphatic carbocycles. The average molecular weight is 429 g/mol. The molecule has 29 heavy (non-hydrogen) atoms. The summed E-state index contributed by atoms with van der Waals surface area (Å²) in [5, 5.41) is 9.33. The lowest BCUT2D eigenvalue weighted by atomic mass is 10.2. The molecule has 150 valence electrons. The number of thioether (sulfide) groups is 2. The molecule has 1 unspecified atom stereocenters. The number of carbonyl (C=O) groups is 1. The van der Waals surface area contributed by atoms with Crippen LogP contribution in [0, 0.1) is 5.82 Å². The van der Waals surface area contributed by atoms with Crippen LogP contribution in [-0.2, 0) is 11.8 Å². The van der Waals surface area contributed by atoms with Gasteiger partial charge in [0.15, 0.2) is 11.0 Å². The number of benzene rings is 2. The lowest BCUT2D eigenvalue weighted by molar-refractivity contribution is -0.116. The lowest BCUT2D eigenvalue weighted by Crippen LogP contribution is -2.33. The van der Waals surface area contributed by atoms with Crippen LogP contribution in [0.1, 0.15) is 13.3 Å². The number of carbonyl (C=O) groups excluding carboxylic acids is 1. The molecule has 2 heterocycles. The number of fused-ring (bicyclic) bond motifs is 1. The standard InChI is InChI=1S/C21H21FN4OS2/c1-14-11-12-26(17-9-5-6-10-18(17)29-14)19(27)13-28-21-24-23-20(25(21)2)15-7-3-4-8-16(15)22/h3-10,14H,11-13H2,1-2H3. The molecule has 1 amide bonds. The summed E-state index contributed by atoms with van der Waals surface area (Å²) >= 11 is 3.13. The predicted molar refractivity (Wildman–Crippen MR) is 116 cm³/mol. The van der Waals surface area contributed by atoms with Gasteiger partial charge in [0.1, 0.15) is 5.82 Å². The Bertz CT molecular complexity index is 1040. The van der Waals surface area contributed by atoms with E-state index in [1.807, 2.05) is 34.9 Å². The van der Waals surface area contributed by atoms with E-state index in [0.717, 1.165) is 17.0 Å². The molecule has 0 saturated heterocycles. The zero-order valence-corrected chi connectivity index (χ0v) is 17.8. The van der Waals surface area contributed by atoms with Crippen LogP contribution >= 0.6 is 23.5 Å². The van der Waals surface area contributed by atoms with Crippen molar-refractivity contribution in [2.75, 3.05) is 17.2 Å². The van der Waals surface area contributed by atoms with E-state index in [4.69, 9.17) is 0 Å². The first-order chi connectivity index (χ1) is 14.0. The zero-order valence-electron chi connectivity index (χ0n) is 16.2. The first-order valence-electron chi connectivity index (χ1n) is 9.37. The molecule has 3 aromatic rings. The third-order valence-electron chi connectivity index (χ3n) is 4.82. The van der Waals surface area contributed by atoms with Crippen molar-refractivity contribution in [3.63, 3.8) is 0 Å². The largest absolute Gasteiger partial charge is 0.311 e. The number of anilines is 1. The molecule has 1 aliphatic heterocycles. The molecule has 0 fully saturated rings. The second-order valence-electron chi connectivity index (χ2n) is 6.86. The number of hydrogen-bond acceptors (Lipinski definition) is 5. The van der Waals surface area contributed by atoms with Crippen LogP contribution in [0.25, 0.3) is 11.4 Å². The summed E-state index contributed by atoms with van der Waals surface area (Å²) in [5.41, 5.74) is 1.37. The molecule has 0 radical (unpaired) electrons. The van der Waals surface area contributed by atoms with Gasteiger partial charge >= 0.3 is 0 Å². The summed E-state index contributed by atoms with van der Waals surface area (Å²) in [6.45, 7) is 2.89. The van der Waals surface area contributed by atoms with Gasteiger partial charge in [-0.1, -0.05) is 43.0 Å². The van der Waals surface area contributed by atoms with Gasteiger partial charge in [-0.05, 0) is 30.7 Å². The van der Waals surface area contributed by atoms with Gasteiger partial charge in [-0.3, -0.25) is 4.79 Å². The molecule has 0 bridgehead atoms. The van der Waals surface area contributed by atoms with Gasteiger partial charge in [0.2, 0.25) is 5.91 Å². The number of aromatic nitrogens is 3. The number of rotatable bonds is 4. The minimum atomic E-state index is -0.344. The van der Waals surface area contributed by atoms with Gasteiger partial charge in [0.05, 0.1) is 17.0 Å². The lowest BCUT2D eigenvalue weighted by Gasteiger charge is -2.22. The number of halogens is 1. The number of hydrogen-bond donors (Lipinski definition) is 0. The summed E-state index contributed by atoms with van der Waals surface area (Å²) in [4.78, 5) is 16.0. The van der Waals surface area contributed by atoms with E-state index in [-0.39, 0.29) is 17.5 Å². The Labute approximate surface area is 177 Å². The molecule has 0 N–H and O–H groups in total. The SMILES string of the molecule is CC1CCN(C(=O)CSc2nnc(-c3ccccc3F)n2C)c2ccccc2S1. The average Bonchev–Trinajstić information content (AvgIpc) is 2.98. The zero-order chi connectivity index (χ0) is 20.4. The Morgan fingerprint density at radius 3 is 2.79 bits per heavy atom. The van der Waals surface area contributed by atoms with Crippen LogP contribution in [0.4, 0.5) is 10.1 Å². The third-order valence-corrected chi connectivity index (χ3v) is 7.06. The fourth-order valence-corrected chi connectivity index (χ4v) is 5.17. The van der Waals surface area contributed by atoms with Crippen molar-refractivity contribution >= 4 is 35.1 Å². The van der Waals surface area contributed by atoms with Crippen molar-refractivity contribution in [2.45, 2.75) is 28.6 Å². The molecule has 4 rings (SSSR count). The Balaban J connectivity index is 1.50. The van der Waals surface area contributed by atoms with Crippen molar-refractivity contribution in [2.24, 2.45) is 7.05 Å². The highest BCUT2D eigenvalue weighted by Gasteiger charge is 2.25. The van der Waals surface area contributed by atoms with Crippen LogP contribution in [-0.4, -0.2) is 38.2 Å². The minimum absolute atomic E-state index is 0.0348. The molecular formula is C21H21FN4OS2. The molecule has 8 heteroatoms. The molecule has 1 aromatic heterocycles.